The van der Waals surface area contributed by atoms with Crippen LogP contribution in [0.4, 0.5) is 4.79 Å². The average Bonchev–Trinajstić information content (AvgIpc) is 2.66. The summed E-state index contributed by atoms with van der Waals surface area (Å²) in [4.78, 5) is 22.5. The highest BCUT2D eigenvalue weighted by molar-refractivity contribution is 5.74. The summed E-state index contributed by atoms with van der Waals surface area (Å²) in [7, 11) is 1.39. The molecule has 0 aliphatic heterocycles. The Morgan fingerprint density at radius 1 is 1.11 bits per heavy atom. The lowest BCUT2D eigenvalue weighted by Crippen LogP contribution is -2.42. The van der Waals surface area contributed by atoms with Gasteiger partial charge in [-0.3, -0.25) is 4.79 Å². The van der Waals surface area contributed by atoms with Crippen LogP contribution in [-0.2, 0) is 9.53 Å². The van der Waals surface area contributed by atoms with Crippen molar-refractivity contribution in [3.8, 4) is 0 Å². The van der Waals surface area contributed by atoms with Crippen molar-refractivity contribution in [1.29, 1.82) is 0 Å². The number of amides is 2. The first kappa shape index (κ1) is 15.8. The fraction of sp³-hybridized carbons (Fsp3) is 0.857. The highest BCUT2D eigenvalue weighted by Gasteiger charge is 2.14. The molecule has 0 aromatic carbocycles. The molecule has 1 saturated carbocycles. The van der Waals surface area contributed by atoms with Crippen molar-refractivity contribution in [3.63, 3.8) is 0 Å². The van der Waals surface area contributed by atoms with Gasteiger partial charge in [-0.25, -0.2) is 4.79 Å². The minimum atomic E-state index is -0.192. The van der Waals surface area contributed by atoms with E-state index in [2.05, 4.69) is 15.4 Å². The van der Waals surface area contributed by atoms with Gasteiger partial charge in [-0.15, -0.1) is 0 Å². The van der Waals surface area contributed by atoms with E-state index < -0.39 is 0 Å². The van der Waals surface area contributed by atoms with Crippen LogP contribution in [0.2, 0.25) is 0 Å². The van der Waals surface area contributed by atoms with Crippen molar-refractivity contribution in [3.05, 3.63) is 0 Å². The molecule has 0 atom stereocenters. The molecule has 0 unspecified atom stereocenters. The van der Waals surface area contributed by atoms with Gasteiger partial charge in [0.2, 0.25) is 0 Å². The molecule has 5 nitrogen and oxygen atoms in total. The molecule has 0 aromatic heterocycles. The van der Waals surface area contributed by atoms with Crippen LogP contribution in [0.3, 0.4) is 0 Å². The average molecular weight is 270 g/mol. The Balaban J connectivity index is 2.02. The molecule has 1 aliphatic carbocycles. The van der Waals surface area contributed by atoms with Crippen LogP contribution in [0.15, 0.2) is 0 Å². The van der Waals surface area contributed by atoms with Gasteiger partial charge in [0.25, 0.3) is 0 Å². The van der Waals surface area contributed by atoms with Crippen LogP contribution in [0.1, 0.15) is 57.8 Å². The maximum absolute atomic E-state index is 11.7. The number of carbonyl (C=O) groups is 2. The third kappa shape index (κ3) is 7.70. The predicted molar refractivity (Wildman–Crippen MR) is 73.9 cm³/mol. The Morgan fingerprint density at radius 3 is 2.42 bits per heavy atom. The number of hydrogen-bond acceptors (Lipinski definition) is 3. The number of ether oxygens (including phenoxy) is 1. The number of esters is 1. The number of hydrogen-bond donors (Lipinski definition) is 2. The third-order valence-electron chi connectivity index (χ3n) is 3.51. The number of methoxy groups -OCH3 is 1. The van der Waals surface area contributed by atoms with Gasteiger partial charge in [0.15, 0.2) is 0 Å². The van der Waals surface area contributed by atoms with Crippen molar-refractivity contribution in [2.24, 2.45) is 0 Å². The molecule has 1 aliphatic rings. The zero-order valence-corrected chi connectivity index (χ0v) is 11.9. The lowest BCUT2D eigenvalue weighted by molar-refractivity contribution is -0.140. The molecule has 1 rings (SSSR count). The van der Waals surface area contributed by atoms with Gasteiger partial charge in [0.05, 0.1) is 7.11 Å². The largest absolute Gasteiger partial charge is 0.469 e. The van der Waals surface area contributed by atoms with Crippen LogP contribution in [0.5, 0.6) is 0 Å². The second kappa shape index (κ2) is 9.64. The minimum Gasteiger partial charge on any atom is -0.469 e. The number of carbonyl (C=O) groups excluding carboxylic acids is 2. The van der Waals surface area contributed by atoms with E-state index in [-0.39, 0.29) is 12.0 Å². The Bertz CT molecular complexity index is 274. The molecule has 2 amide bonds. The normalized spacial score (nSPS) is 16.5. The van der Waals surface area contributed by atoms with Crippen molar-refractivity contribution in [2.45, 2.75) is 63.8 Å². The summed E-state index contributed by atoms with van der Waals surface area (Å²) in [5.74, 6) is -0.192. The first-order valence-corrected chi connectivity index (χ1v) is 7.33. The zero-order valence-electron chi connectivity index (χ0n) is 11.9. The second-order valence-corrected chi connectivity index (χ2v) is 5.12. The van der Waals surface area contributed by atoms with E-state index in [1.54, 1.807) is 0 Å². The number of urea groups is 1. The molecule has 5 heteroatoms. The standard InChI is InChI=1S/C14H26N2O3/c1-19-13(17)10-6-7-11-15-14(18)16-12-8-4-2-3-5-9-12/h12H,2-11H2,1H3,(H2,15,16,18). The summed E-state index contributed by atoms with van der Waals surface area (Å²) in [5.41, 5.74) is 0. The first-order valence-electron chi connectivity index (χ1n) is 7.33. The molecule has 1 fully saturated rings. The highest BCUT2D eigenvalue weighted by atomic mass is 16.5. The molecule has 0 bridgehead atoms. The molecular weight excluding hydrogens is 244 g/mol. The van der Waals surface area contributed by atoms with Crippen LogP contribution >= 0.6 is 0 Å². The Morgan fingerprint density at radius 2 is 1.79 bits per heavy atom. The van der Waals surface area contributed by atoms with Crippen molar-refractivity contribution in [1.82, 2.24) is 10.6 Å². The van der Waals surface area contributed by atoms with Gasteiger partial charge in [0, 0.05) is 19.0 Å². The zero-order chi connectivity index (χ0) is 13.9. The van der Waals surface area contributed by atoms with Crippen molar-refractivity contribution < 1.29 is 14.3 Å². The Hall–Kier alpha value is -1.26. The van der Waals surface area contributed by atoms with Crippen LogP contribution in [0.25, 0.3) is 0 Å². The molecule has 0 aromatic rings. The van der Waals surface area contributed by atoms with Gasteiger partial charge in [-0.05, 0) is 25.7 Å². The smallest absolute Gasteiger partial charge is 0.315 e. The molecular formula is C14H26N2O3. The lowest BCUT2D eigenvalue weighted by atomic mass is 10.1. The maximum atomic E-state index is 11.7. The summed E-state index contributed by atoms with van der Waals surface area (Å²) in [6, 6.07) is 0.252. The maximum Gasteiger partial charge on any atom is 0.315 e. The van der Waals surface area contributed by atoms with Gasteiger partial charge >= 0.3 is 12.0 Å². The summed E-state index contributed by atoms with van der Waals surface area (Å²) in [5, 5.41) is 5.87. The monoisotopic (exact) mass is 270 g/mol. The molecule has 110 valence electrons. The van der Waals surface area contributed by atoms with Gasteiger partial charge in [-0.1, -0.05) is 25.7 Å². The van der Waals surface area contributed by atoms with E-state index >= 15 is 0 Å². The first-order chi connectivity index (χ1) is 9.22. The topological polar surface area (TPSA) is 67.4 Å². The minimum absolute atomic E-state index is 0.0787. The van der Waals surface area contributed by atoms with Gasteiger partial charge in [-0.2, -0.15) is 0 Å². The summed E-state index contributed by atoms with van der Waals surface area (Å²) in [6.45, 7) is 0.607. The van der Waals surface area contributed by atoms with Gasteiger partial charge < -0.3 is 15.4 Å². The number of unbranched alkanes of at least 4 members (excludes halogenated alkanes) is 1. The summed E-state index contributed by atoms with van der Waals surface area (Å²) in [6.07, 6.45) is 9.15. The second-order valence-electron chi connectivity index (χ2n) is 5.12. The molecule has 0 heterocycles. The number of nitrogens with one attached hydrogen (secondary N) is 2. The molecule has 2 N–H and O–H groups in total. The predicted octanol–water partition coefficient (Wildman–Crippen LogP) is 2.35. The van der Waals surface area contributed by atoms with E-state index in [0.717, 1.165) is 25.7 Å². The fourth-order valence-electron chi connectivity index (χ4n) is 2.36. The summed E-state index contributed by atoms with van der Waals surface area (Å²) < 4.78 is 4.55. The van der Waals surface area contributed by atoms with Crippen molar-refractivity contribution in [2.75, 3.05) is 13.7 Å². The van der Waals surface area contributed by atoms with E-state index in [0.29, 0.717) is 19.0 Å². The van der Waals surface area contributed by atoms with Crippen molar-refractivity contribution >= 4 is 12.0 Å². The number of rotatable bonds is 6. The van der Waals surface area contributed by atoms with Crippen LogP contribution < -0.4 is 10.6 Å². The van der Waals surface area contributed by atoms with Crippen LogP contribution in [-0.4, -0.2) is 31.7 Å². The molecule has 0 spiro atoms. The SMILES string of the molecule is COC(=O)CCCCNC(=O)NC1CCCCCC1. The van der Waals surface area contributed by atoms with Gasteiger partial charge in [0.1, 0.15) is 0 Å². The molecule has 0 saturated heterocycles. The third-order valence-corrected chi connectivity index (χ3v) is 3.51. The van der Waals surface area contributed by atoms with E-state index in [9.17, 15) is 9.59 Å². The van der Waals surface area contributed by atoms with E-state index in [1.165, 1.54) is 32.8 Å². The highest BCUT2D eigenvalue weighted by Crippen LogP contribution is 2.16. The summed E-state index contributed by atoms with van der Waals surface area (Å²) >= 11 is 0. The molecule has 19 heavy (non-hydrogen) atoms. The molecule has 0 radical (unpaired) electrons. The van der Waals surface area contributed by atoms with E-state index in [1.807, 2.05) is 0 Å². The quantitative estimate of drug-likeness (QED) is 0.442. The van der Waals surface area contributed by atoms with Crippen LogP contribution in [0, 0.1) is 0 Å². The Kier molecular flexibility index (Phi) is 8.02. The lowest BCUT2D eigenvalue weighted by Gasteiger charge is -2.16. The Labute approximate surface area is 115 Å². The van der Waals surface area contributed by atoms with E-state index in [4.69, 9.17) is 0 Å². The fourth-order valence-corrected chi connectivity index (χ4v) is 2.36.